The molecule has 2 N–H and O–H groups in total. The number of nitrogens with one attached hydrogen (secondary N) is 2. The third-order valence-electron chi connectivity index (χ3n) is 5.07. The molecular weight excluding hydrogens is 522 g/mol. The summed E-state index contributed by atoms with van der Waals surface area (Å²) in [6, 6.07) is 9.78. The topological polar surface area (TPSA) is 76.4 Å². The molecule has 0 aliphatic heterocycles. The molecule has 0 spiro atoms. The summed E-state index contributed by atoms with van der Waals surface area (Å²) in [6.45, 7) is 6.81. The highest BCUT2D eigenvalue weighted by molar-refractivity contribution is 14.0. The van der Waals surface area contributed by atoms with Crippen LogP contribution in [0, 0.1) is 19.7 Å². The Morgan fingerprint density at radius 2 is 1.94 bits per heavy atom. The van der Waals surface area contributed by atoms with E-state index in [9.17, 15) is 4.39 Å². The van der Waals surface area contributed by atoms with Crippen molar-refractivity contribution in [3.8, 4) is 11.6 Å². The van der Waals surface area contributed by atoms with E-state index in [2.05, 4.69) is 39.6 Å². The lowest BCUT2D eigenvalue weighted by Crippen LogP contribution is -2.42. The van der Waals surface area contributed by atoms with Crippen LogP contribution in [0.2, 0.25) is 0 Å². The van der Waals surface area contributed by atoms with Gasteiger partial charge in [0.25, 0.3) is 0 Å². The first kappa shape index (κ1) is 25.6. The number of aryl methyl sites for hydroxylation is 2. The predicted molar refractivity (Wildman–Crippen MR) is 135 cm³/mol. The van der Waals surface area contributed by atoms with Crippen molar-refractivity contribution in [2.24, 2.45) is 12.0 Å². The van der Waals surface area contributed by atoms with Gasteiger partial charge in [0.2, 0.25) is 5.88 Å². The number of hydrogen-bond acceptors (Lipinski definition) is 4. The Labute approximate surface area is 205 Å². The predicted octanol–water partition coefficient (Wildman–Crippen LogP) is 4.28. The number of ether oxygens (including phenoxy) is 1. The molecule has 1 aromatic carbocycles. The summed E-state index contributed by atoms with van der Waals surface area (Å²) < 4.78 is 20.7. The number of aromatic nitrogens is 3. The zero-order valence-electron chi connectivity index (χ0n) is 19.0. The summed E-state index contributed by atoms with van der Waals surface area (Å²) in [6.07, 6.45) is 2.54. The molecule has 0 fully saturated rings. The number of hydrogen-bond donors (Lipinski definition) is 2. The van der Waals surface area contributed by atoms with Crippen molar-refractivity contribution in [2.75, 3.05) is 7.05 Å². The van der Waals surface area contributed by atoms with E-state index in [4.69, 9.17) is 4.74 Å². The molecule has 1 unspecified atom stereocenters. The molecule has 3 aromatic rings. The fourth-order valence-corrected chi connectivity index (χ4v) is 3.32. The average Bonchev–Trinajstić information content (AvgIpc) is 2.99. The summed E-state index contributed by atoms with van der Waals surface area (Å²) in [5, 5.41) is 11.2. The molecule has 2 aromatic heterocycles. The van der Waals surface area contributed by atoms with Crippen LogP contribution in [-0.2, 0) is 20.0 Å². The lowest BCUT2D eigenvalue weighted by Gasteiger charge is -2.18. The summed E-state index contributed by atoms with van der Waals surface area (Å²) >= 11 is 0. The molecular formula is C23H30FIN6O. The van der Waals surface area contributed by atoms with Gasteiger partial charge in [-0.1, -0.05) is 0 Å². The maximum Gasteiger partial charge on any atom is 0.219 e. The van der Waals surface area contributed by atoms with E-state index in [1.165, 1.54) is 23.4 Å². The van der Waals surface area contributed by atoms with Crippen LogP contribution in [0.3, 0.4) is 0 Å². The average molecular weight is 552 g/mol. The minimum Gasteiger partial charge on any atom is -0.439 e. The van der Waals surface area contributed by atoms with E-state index in [-0.39, 0.29) is 35.8 Å². The highest BCUT2D eigenvalue weighted by atomic mass is 127. The zero-order chi connectivity index (χ0) is 22.4. The van der Waals surface area contributed by atoms with E-state index >= 15 is 0 Å². The molecule has 0 saturated heterocycles. The van der Waals surface area contributed by atoms with Gasteiger partial charge in [-0.15, -0.1) is 24.0 Å². The third-order valence-corrected chi connectivity index (χ3v) is 5.07. The molecule has 0 radical (unpaired) electrons. The van der Waals surface area contributed by atoms with Crippen LogP contribution >= 0.6 is 24.0 Å². The van der Waals surface area contributed by atoms with Gasteiger partial charge in [0.05, 0.1) is 5.69 Å². The smallest absolute Gasteiger partial charge is 0.219 e. The largest absolute Gasteiger partial charge is 0.439 e. The molecule has 1 atom stereocenters. The van der Waals surface area contributed by atoms with Crippen molar-refractivity contribution < 1.29 is 9.13 Å². The molecule has 32 heavy (non-hydrogen) atoms. The lowest BCUT2D eigenvalue weighted by atomic mass is 10.1. The number of aliphatic imine (C=N–C) groups is 1. The first-order valence-electron chi connectivity index (χ1n) is 10.2. The number of halogens is 2. The number of benzene rings is 1. The summed E-state index contributed by atoms with van der Waals surface area (Å²) in [5.74, 6) is 1.39. The second-order valence-corrected chi connectivity index (χ2v) is 7.51. The number of guanidine groups is 1. The quantitative estimate of drug-likeness (QED) is 0.260. The van der Waals surface area contributed by atoms with Crippen molar-refractivity contribution in [2.45, 2.75) is 39.8 Å². The van der Waals surface area contributed by atoms with Gasteiger partial charge in [-0.3, -0.25) is 9.67 Å². The van der Waals surface area contributed by atoms with Crippen molar-refractivity contribution in [3.63, 3.8) is 0 Å². The second kappa shape index (κ2) is 11.8. The number of nitrogens with zero attached hydrogens (tertiary/aromatic N) is 4. The zero-order valence-corrected chi connectivity index (χ0v) is 21.3. The fourth-order valence-electron chi connectivity index (χ4n) is 3.32. The van der Waals surface area contributed by atoms with E-state index in [1.54, 1.807) is 25.4 Å². The van der Waals surface area contributed by atoms with Crippen molar-refractivity contribution in [3.05, 3.63) is 70.9 Å². The van der Waals surface area contributed by atoms with Gasteiger partial charge in [-0.05, 0) is 68.7 Å². The van der Waals surface area contributed by atoms with E-state index < -0.39 is 0 Å². The van der Waals surface area contributed by atoms with Gasteiger partial charge < -0.3 is 15.4 Å². The fraction of sp³-hybridized carbons (Fsp3) is 0.348. The number of rotatable bonds is 7. The van der Waals surface area contributed by atoms with Gasteiger partial charge >= 0.3 is 0 Å². The van der Waals surface area contributed by atoms with E-state index in [0.717, 1.165) is 17.7 Å². The van der Waals surface area contributed by atoms with Crippen LogP contribution in [0.1, 0.15) is 29.4 Å². The first-order valence-corrected chi connectivity index (χ1v) is 10.2. The third kappa shape index (κ3) is 6.91. The first-order chi connectivity index (χ1) is 14.9. The highest BCUT2D eigenvalue weighted by Crippen LogP contribution is 2.20. The molecule has 0 aliphatic rings. The molecule has 9 heteroatoms. The van der Waals surface area contributed by atoms with Gasteiger partial charge in [0.15, 0.2) is 5.96 Å². The standard InChI is InChI=1S/C23H29FN6O.HI/c1-15(12-21-16(2)29-30(5)17(21)3)28-23(25-4)27-14-18-10-11-26-22(13-18)31-20-8-6-19(24)7-9-20;/h6-11,13,15H,12,14H2,1-5H3,(H2,25,27,28);1H. The van der Waals surface area contributed by atoms with Gasteiger partial charge in [0.1, 0.15) is 11.6 Å². The Morgan fingerprint density at radius 1 is 1.22 bits per heavy atom. The Kier molecular flexibility index (Phi) is 9.42. The Hall–Kier alpha value is -2.69. The van der Waals surface area contributed by atoms with Crippen LogP contribution in [-0.4, -0.2) is 33.8 Å². The van der Waals surface area contributed by atoms with E-state index in [1.807, 2.05) is 30.8 Å². The second-order valence-electron chi connectivity index (χ2n) is 7.51. The molecule has 0 bridgehead atoms. The molecule has 7 nitrogen and oxygen atoms in total. The molecule has 0 amide bonds. The molecule has 0 aliphatic carbocycles. The highest BCUT2D eigenvalue weighted by Gasteiger charge is 2.14. The maximum atomic E-state index is 13.1. The molecule has 3 rings (SSSR count). The maximum absolute atomic E-state index is 13.1. The summed E-state index contributed by atoms with van der Waals surface area (Å²) in [5.41, 5.74) is 4.48. The normalized spacial score (nSPS) is 12.1. The monoisotopic (exact) mass is 552 g/mol. The Morgan fingerprint density at radius 3 is 2.56 bits per heavy atom. The Balaban J connectivity index is 0.00000363. The van der Waals surface area contributed by atoms with Crippen LogP contribution in [0.4, 0.5) is 4.39 Å². The van der Waals surface area contributed by atoms with Crippen LogP contribution in [0.25, 0.3) is 0 Å². The molecule has 2 heterocycles. The SMILES string of the molecule is CN=C(NCc1ccnc(Oc2ccc(F)cc2)c1)NC(C)Cc1c(C)nn(C)c1C.I. The van der Waals surface area contributed by atoms with Gasteiger partial charge in [0, 0.05) is 44.6 Å². The number of pyridine rings is 1. The van der Waals surface area contributed by atoms with Crippen molar-refractivity contribution in [1.82, 2.24) is 25.4 Å². The van der Waals surface area contributed by atoms with E-state index in [0.29, 0.717) is 24.1 Å². The van der Waals surface area contributed by atoms with Crippen LogP contribution < -0.4 is 15.4 Å². The minimum atomic E-state index is -0.305. The van der Waals surface area contributed by atoms with Crippen molar-refractivity contribution >= 4 is 29.9 Å². The van der Waals surface area contributed by atoms with Gasteiger partial charge in [-0.25, -0.2) is 9.37 Å². The van der Waals surface area contributed by atoms with Crippen molar-refractivity contribution in [1.29, 1.82) is 0 Å². The summed E-state index contributed by atoms with van der Waals surface area (Å²) in [7, 11) is 3.71. The molecule has 0 saturated carbocycles. The molecule has 172 valence electrons. The van der Waals surface area contributed by atoms with Gasteiger partial charge in [-0.2, -0.15) is 5.10 Å². The minimum absolute atomic E-state index is 0. The lowest BCUT2D eigenvalue weighted by molar-refractivity contribution is 0.460. The van der Waals surface area contributed by atoms with Crippen LogP contribution in [0.15, 0.2) is 47.6 Å². The Bertz CT molecular complexity index is 1050. The summed E-state index contributed by atoms with van der Waals surface area (Å²) in [4.78, 5) is 8.54. The van der Waals surface area contributed by atoms with Crippen LogP contribution in [0.5, 0.6) is 11.6 Å².